The number of para-hydroxylation sites is 2. The van der Waals surface area contributed by atoms with Gasteiger partial charge in [-0.15, -0.1) is 0 Å². The number of rotatable bonds is 5. The summed E-state index contributed by atoms with van der Waals surface area (Å²) in [6.45, 7) is 15.6. The molecule has 5 nitrogen and oxygen atoms in total. The van der Waals surface area contributed by atoms with Gasteiger partial charge in [0.15, 0.2) is 11.4 Å². The minimum absolute atomic E-state index is 0.572. The van der Waals surface area contributed by atoms with Crippen LogP contribution >= 0.6 is 0 Å². The van der Waals surface area contributed by atoms with Crippen molar-refractivity contribution in [3.8, 4) is 22.3 Å². The van der Waals surface area contributed by atoms with Gasteiger partial charge >= 0.3 is 0 Å². The standard InChI is InChI=1S/C74H37N3O2/c1-75-43-22-26-45(27-23-43)77(46-28-24-44(76-2)25-29-46)60-35-34-55-68-53(60)16-9-17-54(68)71-66(41-20-36-63-58(38-41)47-12-3-5-18-61(47)78-63)73-56-32-30-51-49-14-7-10-40-11-8-15-50(65(40)49)52-31-33-57(70(56)69(51)52)74(73)67(72(55)71)42-21-37-64-59(39-42)48-13-4-6-19-62(48)79-64/h3-39H. The zero-order valence-electron chi connectivity index (χ0n) is 42.0. The Hall–Kier alpha value is -11.0. The SMILES string of the molecule is [C-]#[N+]c1ccc(N(c2ccc([N+]#[C-])cc2)c2ccc3c4c(-c5ccc6oc7ccccc7c6c5)c5c6ccc7c8cccc9cccc(c%10ccc(c5c(-c5ccc%11oc%12ccccc%12c%11c5)c4c4cccc2c43)c6c%107)c98)cc1. The van der Waals surface area contributed by atoms with Gasteiger partial charge in [-0.2, -0.15) is 0 Å². The van der Waals surface area contributed by atoms with Crippen molar-refractivity contribution < 1.29 is 8.83 Å². The molecule has 5 heteroatoms. The number of benzene rings is 14. The molecule has 0 unspecified atom stereocenters. The summed E-state index contributed by atoms with van der Waals surface area (Å²) >= 11 is 0. The Morgan fingerprint density at radius 2 is 0.671 bits per heavy atom. The first-order valence-electron chi connectivity index (χ1n) is 26.6. The monoisotopic (exact) mass is 999 g/mol. The Morgan fingerprint density at radius 3 is 1.20 bits per heavy atom. The van der Waals surface area contributed by atoms with Gasteiger partial charge in [0.2, 0.25) is 0 Å². The Labute approximate surface area is 450 Å². The summed E-state index contributed by atoms with van der Waals surface area (Å²) in [4.78, 5) is 9.74. The number of anilines is 3. The molecule has 0 amide bonds. The first-order valence-corrected chi connectivity index (χ1v) is 26.6. The molecule has 0 aliphatic rings. The van der Waals surface area contributed by atoms with E-state index in [9.17, 15) is 0 Å². The Morgan fingerprint density at radius 1 is 0.278 bits per heavy atom. The second-order valence-corrected chi connectivity index (χ2v) is 21.1. The normalized spacial score (nSPS) is 12.3. The number of hydrogen-bond acceptors (Lipinski definition) is 3. The van der Waals surface area contributed by atoms with Crippen molar-refractivity contribution >= 4 is 169 Å². The van der Waals surface area contributed by atoms with Crippen LogP contribution in [0.1, 0.15) is 0 Å². The Bertz CT molecular complexity index is 5450. The highest BCUT2D eigenvalue weighted by atomic mass is 16.3. The molecule has 0 saturated heterocycles. The molecule has 0 saturated carbocycles. The largest absolute Gasteiger partial charge is 0.456 e. The highest BCUT2D eigenvalue weighted by Gasteiger charge is 2.31. The lowest BCUT2D eigenvalue weighted by molar-refractivity contribution is 0.668. The van der Waals surface area contributed by atoms with E-state index in [4.69, 9.17) is 22.0 Å². The van der Waals surface area contributed by atoms with E-state index in [-0.39, 0.29) is 0 Å². The van der Waals surface area contributed by atoms with E-state index in [0.29, 0.717) is 11.4 Å². The van der Waals surface area contributed by atoms with Crippen LogP contribution in [0.2, 0.25) is 0 Å². The van der Waals surface area contributed by atoms with Crippen LogP contribution in [0.5, 0.6) is 0 Å². The first kappa shape index (κ1) is 42.3. The molecule has 18 rings (SSSR count). The van der Waals surface area contributed by atoms with Crippen LogP contribution in [0.3, 0.4) is 0 Å². The maximum Gasteiger partial charge on any atom is 0.187 e. The fourth-order valence-corrected chi connectivity index (χ4v) is 14.1. The van der Waals surface area contributed by atoms with E-state index in [1.54, 1.807) is 0 Å². The van der Waals surface area contributed by atoms with Gasteiger partial charge in [-0.1, -0.05) is 158 Å². The molecule has 79 heavy (non-hydrogen) atoms. The summed E-state index contributed by atoms with van der Waals surface area (Å²) in [6.07, 6.45) is 0. The molecule has 360 valence electrons. The smallest absolute Gasteiger partial charge is 0.187 e. The Kier molecular flexibility index (Phi) is 8.20. The van der Waals surface area contributed by atoms with Crippen LogP contribution < -0.4 is 4.90 Å². The average molecular weight is 1000 g/mol. The van der Waals surface area contributed by atoms with Crippen LogP contribution in [0.4, 0.5) is 28.4 Å². The van der Waals surface area contributed by atoms with Crippen LogP contribution in [0.15, 0.2) is 233 Å². The summed E-state index contributed by atoms with van der Waals surface area (Å²) < 4.78 is 13.1. The minimum atomic E-state index is 0.572. The third-order valence-electron chi connectivity index (χ3n) is 17.3. The molecule has 18 aromatic rings. The van der Waals surface area contributed by atoms with Crippen molar-refractivity contribution in [2.75, 3.05) is 4.90 Å². The van der Waals surface area contributed by atoms with Crippen molar-refractivity contribution in [2.45, 2.75) is 0 Å². The average Bonchev–Trinajstić information content (AvgIpc) is 3.01. The summed E-state index contributed by atoms with van der Waals surface area (Å²) in [7, 11) is 0. The number of nitrogens with zero attached hydrogens (tertiary/aromatic N) is 3. The lowest BCUT2D eigenvalue weighted by atomic mass is 9.86. The van der Waals surface area contributed by atoms with Gasteiger partial charge in [0.25, 0.3) is 0 Å². The zero-order valence-corrected chi connectivity index (χ0v) is 42.0. The molecule has 0 radical (unpaired) electrons. The molecule has 0 spiro atoms. The number of furan rings is 2. The Balaban J connectivity index is 1.06. The second-order valence-electron chi connectivity index (χ2n) is 21.1. The minimum Gasteiger partial charge on any atom is -0.456 e. The molecule has 0 N–H and O–H groups in total. The van der Waals surface area contributed by atoms with Gasteiger partial charge < -0.3 is 13.7 Å². The lowest BCUT2D eigenvalue weighted by Gasteiger charge is -2.27. The summed E-state index contributed by atoms with van der Waals surface area (Å²) in [5, 5.41) is 26.4. The maximum atomic E-state index is 7.78. The predicted octanol–water partition coefficient (Wildman–Crippen LogP) is 22.1. The summed E-state index contributed by atoms with van der Waals surface area (Å²) in [6, 6.07) is 80.5. The molecule has 2 aromatic heterocycles. The molecule has 0 atom stereocenters. The van der Waals surface area contributed by atoms with Gasteiger partial charge in [-0.05, 0) is 181 Å². The fourth-order valence-electron chi connectivity index (χ4n) is 14.1. The highest BCUT2D eigenvalue weighted by molar-refractivity contribution is 6.50. The molecule has 0 bridgehead atoms. The summed E-state index contributed by atoms with van der Waals surface area (Å²) in [5.41, 5.74) is 12.0. The molecule has 2 heterocycles. The van der Waals surface area contributed by atoms with Crippen molar-refractivity contribution in [3.63, 3.8) is 0 Å². The van der Waals surface area contributed by atoms with E-state index < -0.39 is 0 Å². The highest BCUT2D eigenvalue weighted by Crippen LogP contribution is 2.59. The van der Waals surface area contributed by atoms with Crippen LogP contribution in [0, 0.1) is 13.1 Å². The van der Waals surface area contributed by atoms with Crippen LogP contribution in [-0.2, 0) is 0 Å². The molecule has 0 aliphatic heterocycles. The molecular weight excluding hydrogens is 963 g/mol. The van der Waals surface area contributed by atoms with Gasteiger partial charge in [-0.25, -0.2) is 9.69 Å². The molecular formula is C74H37N3O2. The maximum absolute atomic E-state index is 7.78. The molecule has 0 aliphatic carbocycles. The van der Waals surface area contributed by atoms with Crippen molar-refractivity contribution in [1.82, 2.24) is 0 Å². The van der Waals surface area contributed by atoms with Crippen molar-refractivity contribution in [2.24, 2.45) is 0 Å². The molecule has 16 aromatic carbocycles. The lowest BCUT2D eigenvalue weighted by Crippen LogP contribution is -2.10. The van der Waals surface area contributed by atoms with Gasteiger partial charge in [0.05, 0.1) is 18.8 Å². The van der Waals surface area contributed by atoms with Crippen molar-refractivity contribution in [1.29, 1.82) is 0 Å². The quantitative estimate of drug-likeness (QED) is 0.0980. The van der Waals surface area contributed by atoms with Gasteiger partial charge in [-0.3, -0.25) is 0 Å². The third kappa shape index (κ3) is 5.55. The third-order valence-corrected chi connectivity index (χ3v) is 17.3. The number of hydrogen-bond donors (Lipinski definition) is 0. The fraction of sp³-hybridized carbons (Fsp3) is 0. The topological polar surface area (TPSA) is 38.2 Å². The van der Waals surface area contributed by atoms with Gasteiger partial charge in [0, 0.05) is 38.3 Å². The zero-order chi connectivity index (χ0) is 51.8. The van der Waals surface area contributed by atoms with E-state index in [1.807, 2.05) is 60.7 Å². The van der Waals surface area contributed by atoms with E-state index in [1.165, 1.54) is 91.9 Å². The second kappa shape index (κ2) is 15.3. The van der Waals surface area contributed by atoms with Crippen LogP contribution in [0.25, 0.3) is 173 Å². The van der Waals surface area contributed by atoms with E-state index in [2.05, 4.69) is 178 Å². The molecule has 0 fully saturated rings. The van der Waals surface area contributed by atoms with Crippen LogP contribution in [-0.4, -0.2) is 0 Å². The summed E-state index contributed by atoms with van der Waals surface area (Å²) in [5.74, 6) is 0. The van der Waals surface area contributed by atoms with Gasteiger partial charge in [0.1, 0.15) is 22.3 Å². The van der Waals surface area contributed by atoms with E-state index >= 15 is 0 Å². The predicted molar refractivity (Wildman–Crippen MR) is 330 cm³/mol. The first-order chi connectivity index (χ1) is 39.1. The van der Waals surface area contributed by atoms with Crippen molar-refractivity contribution in [3.05, 3.63) is 247 Å². The van der Waals surface area contributed by atoms with E-state index in [0.717, 1.165) is 88.2 Å². The number of fused-ring (bicyclic) bond motifs is 14.